The van der Waals surface area contributed by atoms with Gasteiger partial charge < -0.3 is 40.4 Å². The molecule has 0 aliphatic carbocycles. The lowest BCUT2D eigenvalue weighted by Gasteiger charge is -2.30. The van der Waals surface area contributed by atoms with Crippen LogP contribution in [0.1, 0.15) is 0 Å². The Kier molecular flexibility index (Phi) is 8.88. The fourth-order valence-corrected chi connectivity index (χ4v) is 9.35. The highest BCUT2D eigenvalue weighted by Gasteiger charge is 2.27. The van der Waals surface area contributed by atoms with E-state index in [4.69, 9.17) is 0 Å². The number of fused-ring (bicyclic) bond motifs is 2. The number of nitrogens with zero attached hydrogens (tertiary/aromatic N) is 2. The molecule has 6 N–H and O–H groups in total. The molecule has 11 aromatic rings. The Labute approximate surface area is 367 Å². The molecule has 0 fully saturated rings. The van der Waals surface area contributed by atoms with Gasteiger partial charge in [0.25, 0.3) is 0 Å². The molecule has 308 valence electrons. The number of phenols is 6. The number of rotatable bonds is 8. The van der Waals surface area contributed by atoms with Crippen molar-refractivity contribution in [2.45, 2.75) is 0 Å². The topological polar surface area (TPSA) is 128 Å². The van der Waals surface area contributed by atoms with E-state index >= 15 is 0 Å². The number of benzene rings is 11. The zero-order chi connectivity index (χ0) is 43.6. The average Bonchev–Trinajstić information content (AvgIpc) is 3.31. The standard InChI is InChI=1S/C56H38N2O6/c59-39-29-49(61)55(50(62)30-39)57(37-21-17-35(18-22-37)33-9-3-1-4-10-33)47-27-25-43-42-14-8-16-46-48(28-26-44(54(42)46)41-13-7-15-45(47)53(41)43)58(56-51(63)31-40(60)32-52(56)64)38-23-19-36(20-24-38)34-11-5-2-6-12-34/h1-32,59-64H. The summed E-state index contributed by atoms with van der Waals surface area (Å²) < 4.78 is 0. The van der Waals surface area contributed by atoms with Crippen molar-refractivity contribution < 1.29 is 30.6 Å². The number of hydrogen-bond donors (Lipinski definition) is 6. The number of aromatic hydroxyl groups is 6. The van der Waals surface area contributed by atoms with Crippen molar-refractivity contribution in [2.75, 3.05) is 9.80 Å². The molecule has 8 nitrogen and oxygen atoms in total. The van der Waals surface area contributed by atoms with Gasteiger partial charge in [-0.05, 0) is 91.0 Å². The molecule has 64 heavy (non-hydrogen) atoms. The maximum Gasteiger partial charge on any atom is 0.147 e. The van der Waals surface area contributed by atoms with Crippen LogP contribution in [0.4, 0.5) is 34.1 Å². The summed E-state index contributed by atoms with van der Waals surface area (Å²) >= 11 is 0. The summed E-state index contributed by atoms with van der Waals surface area (Å²) in [4.78, 5) is 3.64. The third-order valence-electron chi connectivity index (χ3n) is 12.1. The highest BCUT2D eigenvalue weighted by Crippen LogP contribution is 2.54. The second-order valence-corrected chi connectivity index (χ2v) is 15.9. The first-order valence-corrected chi connectivity index (χ1v) is 20.8. The van der Waals surface area contributed by atoms with Crippen LogP contribution in [0, 0.1) is 0 Å². The van der Waals surface area contributed by atoms with E-state index in [0.29, 0.717) is 22.7 Å². The van der Waals surface area contributed by atoms with Crippen LogP contribution >= 0.6 is 0 Å². The first kappa shape index (κ1) is 38.1. The fraction of sp³-hybridized carbons (Fsp3) is 0. The Morgan fingerprint density at radius 2 is 0.578 bits per heavy atom. The zero-order valence-corrected chi connectivity index (χ0v) is 34.1. The summed E-state index contributed by atoms with van der Waals surface area (Å²) in [5.41, 5.74) is 7.09. The molecule has 11 aromatic carbocycles. The highest BCUT2D eigenvalue weighted by molar-refractivity contribution is 6.35. The van der Waals surface area contributed by atoms with Gasteiger partial charge >= 0.3 is 0 Å². The van der Waals surface area contributed by atoms with Crippen LogP contribution in [0.2, 0.25) is 0 Å². The lowest BCUT2D eigenvalue weighted by Crippen LogP contribution is -2.12. The van der Waals surface area contributed by atoms with E-state index in [1.54, 1.807) is 0 Å². The number of hydrogen-bond acceptors (Lipinski definition) is 8. The van der Waals surface area contributed by atoms with Crippen molar-refractivity contribution in [3.63, 3.8) is 0 Å². The lowest BCUT2D eigenvalue weighted by molar-refractivity contribution is 0.428. The largest absolute Gasteiger partial charge is 0.508 e. The van der Waals surface area contributed by atoms with Gasteiger partial charge in [0.2, 0.25) is 0 Å². The SMILES string of the molecule is Oc1cc(O)c(N(c2ccc(-c3ccccc3)cc2)c2ccc3c4cccc5c(N(c6ccc(-c7ccccc7)cc6)c6c(O)cc(O)cc6O)ccc(c6cccc2c63)c54)c(O)c1. The van der Waals surface area contributed by atoms with Gasteiger partial charge in [-0.3, -0.25) is 0 Å². The molecule has 0 aliphatic heterocycles. The van der Waals surface area contributed by atoms with Crippen LogP contribution in [0.15, 0.2) is 194 Å². The first-order valence-electron chi connectivity index (χ1n) is 20.8. The minimum Gasteiger partial charge on any atom is -0.508 e. The maximum atomic E-state index is 11.4. The van der Waals surface area contributed by atoms with Gasteiger partial charge in [-0.25, -0.2) is 0 Å². The fourth-order valence-electron chi connectivity index (χ4n) is 9.35. The molecule has 0 atom stereocenters. The molecule has 8 heteroatoms. The van der Waals surface area contributed by atoms with Gasteiger partial charge in [0.1, 0.15) is 45.9 Å². The summed E-state index contributed by atoms with van der Waals surface area (Å²) in [5, 5.41) is 73.9. The van der Waals surface area contributed by atoms with E-state index in [2.05, 4.69) is 24.3 Å². The minimum absolute atomic E-state index is 0.117. The summed E-state index contributed by atoms with van der Waals surface area (Å²) in [6, 6.07) is 61.1. The van der Waals surface area contributed by atoms with Crippen LogP contribution in [-0.2, 0) is 0 Å². The Bertz CT molecular complexity index is 3260. The van der Waals surface area contributed by atoms with Gasteiger partial charge in [0, 0.05) is 46.4 Å². The molecule has 0 aromatic heterocycles. The third-order valence-corrected chi connectivity index (χ3v) is 12.1. The van der Waals surface area contributed by atoms with E-state index in [-0.39, 0.29) is 45.9 Å². The van der Waals surface area contributed by atoms with Crippen molar-refractivity contribution in [3.05, 3.63) is 194 Å². The predicted molar refractivity (Wildman–Crippen MR) is 258 cm³/mol. The monoisotopic (exact) mass is 834 g/mol. The summed E-state index contributed by atoms with van der Waals surface area (Å²) in [6.45, 7) is 0. The third kappa shape index (κ3) is 6.15. The molecular formula is C56H38N2O6. The van der Waals surface area contributed by atoms with Crippen LogP contribution in [-0.4, -0.2) is 30.6 Å². The molecule has 0 radical (unpaired) electrons. The van der Waals surface area contributed by atoms with Crippen LogP contribution in [0.25, 0.3) is 65.3 Å². The number of anilines is 6. The van der Waals surface area contributed by atoms with E-state index in [1.807, 2.05) is 155 Å². The molecule has 11 rings (SSSR count). The summed E-state index contributed by atoms with van der Waals surface area (Å²) in [7, 11) is 0. The molecule has 0 bridgehead atoms. The van der Waals surface area contributed by atoms with E-state index in [1.165, 1.54) is 24.3 Å². The number of phenolic OH excluding ortho intramolecular Hbond substituents is 6. The van der Waals surface area contributed by atoms with Gasteiger partial charge in [0.05, 0.1) is 11.4 Å². The van der Waals surface area contributed by atoms with Crippen molar-refractivity contribution in [2.24, 2.45) is 0 Å². The van der Waals surface area contributed by atoms with Crippen molar-refractivity contribution in [1.82, 2.24) is 0 Å². The average molecular weight is 835 g/mol. The van der Waals surface area contributed by atoms with E-state index in [0.717, 1.165) is 65.3 Å². The second-order valence-electron chi connectivity index (χ2n) is 15.9. The van der Waals surface area contributed by atoms with Crippen molar-refractivity contribution >= 4 is 77.2 Å². The van der Waals surface area contributed by atoms with Gasteiger partial charge in [-0.15, -0.1) is 0 Å². The smallest absolute Gasteiger partial charge is 0.147 e. The Morgan fingerprint density at radius 3 is 0.938 bits per heavy atom. The Morgan fingerprint density at radius 1 is 0.266 bits per heavy atom. The van der Waals surface area contributed by atoms with Gasteiger partial charge in [0.15, 0.2) is 0 Å². The normalized spacial score (nSPS) is 11.5. The molecule has 0 amide bonds. The van der Waals surface area contributed by atoms with Crippen LogP contribution < -0.4 is 9.80 Å². The highest BCUT2D eigenvalue weighted by atomic mass is 16.3. The molecule has 0 saturated heterocycles. The van der Waals surface area contributed by atoms with E-state index < -0.39 is 0 Å². The summed E-state index contributed by atoms with van der Waals surface area (Å²) in [5.74, 6) is -1.71. The molecule has 0 saturated carbocycles. The lowest BCUT2D eigenvalue weighted by atomic mass is 9.88. The molecule has 0 heterocycles. The van der Waals surface area contributed by atoms with Crippen molar-refractivity contribution in [3.8, 4) is 56.8 Å². The zero-order valence-electron chi connectivity index (χ0n) is 34.1. The quantitative estimate of drug-likeness (QED) is 0.0660. The maximum absolute atomic E-state index is 11.4. The van der Waals surface area contributed by atoms with E-state index in [9.17, 15) is 30.6 Å². The summed E-state index contributed by atoms with van der Waals surface area (Å²) in [6.07, 6.45) is 0. The second kappa shape index (κ2) is 14.9. The van der Waals surface area contributed by atoms with Crippen LogP contribution in [0.3, 0.4) is 0 Å². The first-order chi connectivity index (χ1) is 31.2. The van der Waals surface area contributed by atoms with Gasteiger partial charge in [-0.2, -0.15) is 0 Å². The predicted octanol–water partition coefficient (Wildman–Crippen LogP) is 14.2. The van der Waals surface area contributed by atoms with Gasteiger partial charge in [-0.1, -0.05) is 133 Å². The molecule has 0 unspecified atom stereocenters. The molecular weight excluding hydrogens is 797 g/mol. The Balaban J connectivity index is 1.13. The molecule has 0 aliphatic rings. The molecule has 0 spiro atoms. The minimum atomic E-state index is -0.294. The Hall–Kier alpha value is -8.88. The van der Waals surface area contributed by atoms with Crippen LogP contribution in [0.5, 0.6) is 34.5 Å². The van der Waals surface area contributed by atoms with Crippen molar-refractivity contribution in [1.29, 1.82) is 0 Å².